The molecule has 0 saturated carbocycles. The van der Waals surface area contributed by atoms with Crippen molar-refractivity contribution in [2.24, 2.45) is 0 Å². The maximum absolute atomic E-state index is 12.7. The van der Waals surface area contributed by atoms with Gasteiger partial charge in [-0.3, -0.25) is 4.79 Å². The molecule has 0 aromatic carbocycles. The SMILES string of the molecule is O=C(c1ccc(Cl)o1)N1CCCCC[C@@H]1C[C@@H](O)c1ccco1. The summed E-state index contributed by atoms with van der Waals surface area (Å²) in [7, 11) is 0. The van der Waals surface area contributed by atoms with E-state index >= 15 is 0 Å². The largest absolute Gasteiger partial charge is 0.467 e. The van der Waals surface area contributed by atoms with Crippen molar-refractivity contribution < 1.29 is 18.7 Å². The van der Waals surface area contributed by atoms with Crippen LogP contribution in [0.2, 0.25) is 5.22 Å². The second-order valence-corrected chi connectivity index (χ2v) is 6.24. The molecule has 1 amide bonds. The van der Waals surface area contributed by atoms with E-state index in [4.69, 9.17) is 20.4 Å². The molecule has 23 heavy (non-hydrogen) atoms. The number of carbonyl (C=O) groups excluding carboxylic acids is 1. The van der Waals surface area contributed by atoms with Crippen LogP contribution in [0.15, 0.2) is 39.4 Å². The van der Waals surface area contributed by atoms with Gasteiger partial charge in [0.05, 0.1) is 6.26 Å². The van der Waals surface area contributed by atoms with Crippen LogP contribution in [0.5, 0.6) is 0 Å². The Kier molecular flexibility index (Phi) is 5.08. The number of aliphatic hydroxyl groups is 1. The van der Waals surface area contributed by atoms with Crippen molar-refractivity contribution in [3.63, 3.8) is 0 Å². The summed E-state index contributed by atoms with van der Waals surface area (Å²) >= 11 is 5.77. The lowest BCUT2D eigenvalue weighted by atomic mass is 10.0. The highest BCUT2D eigenvalue weighted by atomic mass is 35.5. The van der Waals surface area contributed by atoms with Crippen LogP contribution in [0, 0.1) is 0 Å². The van der Waals surface area contributed by atoms with Gasteiger partial charge in [0.1, 0.15) is 11.9 Å². The lowest BCUT2D eigenvalue weighted by molar-refractivity contribution is 0.0529. The first kappa shape index (κ1) is 16.1. The van der Waals surface area contributed by atoms with E-state index in [0.717, 1.165) is 25.7 Å². The predicted octanol–water partition coefficient (Wildman–Crippen LogP) is 4.03. The minimum absolute atomic E-state index is 0.0472. The molecule has 1 saturated heterocycles. The molecular formula is C17H20ClNO4. The molecule has 1 aliphatic rings. The first-order valence-electron chi connectivity index (χ1n) is 7.93. The molecule has 0 bridgehead atoms. The van der Waals surface area contributed by atoms with Gasteiger partial charge in [0, 0.05) is 19.0 Å². The normalized spacial score (nSPS) is 20.3. The Morgan fingerprint density at radius 2 is 2.22 bits per heavy atom. The molecule has 2 aromatic heterocycles. The van der Waals surface area contributed by atoms with Crippen molar-refractivity contribution >= 4 is 17.5 Å². The smallest absolute Gasteiger partial charge is 0.289 e. The van der Waals surface area contributed by atoms with E-state index < -0.39 is 6.10 Å². The molecule has 0 radical (unpaired) electrons. The third kappa shape index (κ3) is 3.79. The quantitative estimate of drug-likeness (QED) is 0.914. The highest BCUT2D eigenvalue weighted by Crippen LogP contribution is 2.28. The number of nitrogens with zero attached hydrogens (tertiary/aromatic N) is 1. The lowest BCUT2D eigenvalue weighted by Crippen LogP contribution is -2.40. The van der Waals surface area contributed by atoms with Gasteiger partial charge in [-0.25, -0.2) is 0 Å². The van der Waals surface area contributed by atoms with Crippen molar-refractivity contribution in [1.29, 1.82) is 0 Å². The van der Waals surface area contributed by atoms with Gasteiger partial charge in [0.15, 0.2) is 11.0 Å². The molecule has 2 atom stereocenters. The summed E-state index contributed by atoms with van der Waals surface area (Å²) in [6.45, 7) is 0.659. The molecule has 3 rings (SSSR count). The minimum atomic E-state index is -0.719. The average molecular weight is 338 g/mol. The van der Waals surface area contributed by atoms with E-state index in [9.17, 15) is 9.90 Å². The fourth-order valence-corrected chi connectivity index (χ4v) is 3.26. The van der Waals surface area contributed by atoms with E-state index in [0.29, 0.717) is 18.7 Å². The topological polar surface area (TPSA) is 66.8 Å². The summed E-state index contributed by atoms with van der Waals surface area (Å²) in [5, 5.41) is 10.6. The highest BCUT2D eigenvalue weighted by Gasteiger charge is 2.30. The molecule has 1 fully saturated rings. The van der Waals surface area contributed by atoms with Gasteiger partial charge in [-0.15, -0.1) is 0 Å². The molecule has 0 aliphatic carbocycles. The van der Waals surface area contributed by atoms with Crippen LogP contribution in [0.1, 0.15) is 54.5 Å². The second-order valence-electron chi connectivity index (χ2n) is 5.87. The molecule has 1 aliphatic heterocycles. The molecule has 5 nitrogen and oxygen atoms in total. The van der Waals surface area contributed by atoms with Crippen molar-refractivity contribution in [1.82, 2.24) is 4.90 Å². The number of carbonyl (C=O) groups is 1. The summed E-state index contributed by atoms with van der Waals surface area (Å²) in [6.07, 6.45) is 5.20. The number of aliphatic hydroxyl groups excluding tert-OH is 1. The van der Waals surface area contributed by atoms with Crippen LogP contribution in [0.3, 0.4) is 0 Å². The number of halogens is 1. The van der Waals surface area contributed by atoms with Crippen molar-refractivity contribution in [3.8, 4) is 0 Å². The molecular weight excluding hydrogens is 318 g/mol. The zero-order valence-corrected chi connectivity index (χ0v) is 13.5. The standard InChI is InChI=1S/C17H20ClNO4/c18-16-8-7-15(23-16)17(21)19-9-3-1-2-5-12(19)11-13(20)14-6-4-10-22-14/h4,6-8,10,12-13,20H,1-3,5,9,11H2/t12-,13-/m1/s1. The Bertz CT molecular complexity index is 637. The van der Waals surface area contributed by atoms with Crippen LogP contribution in [-0.4, -0.2) is 28.5 Å². The third-order valence-electron chi connectivity index (χ3n) is 4.29. The van der Waals surface area contributed by atoms with E-state index in [2.05, 4.69) is 0 Å². The summed E-state index contributed by atoms with van der Waals surface area (Å²) in [5.74, 6) is 0.604. The first-order chi connectivity index (χ1) is 11.1. The fraction of sp³-hybridized carbons (Fsp3) is 0.471. The summed E-state index contributed by atoms with van der Waals surface area (Å²) in [6, 6.07) is 6.61. The molecule has 0 spiro atoms. The number of rotatable bonds is 4. The first-order valence-corrected chi connectivity index (χ1v) is 8.30. The zero-order chi connectivity index (χ0) is 16.2. The Morgan fingerprint density at radius 1 is 1.35 bits per heavy atom. The molecule has 124 valence electrons. The average Bonchev–Trinajstić information content (AvgIpc) is 3.16. The number of hydrogen-bond acceptors (Lipinski definition) is 4. The molecule has 3 heterocycles. The summed E-state index contributed by atoms with van der Waals surface area (Å²) in [4.78, 5) is 14.5. The van der Waals surface area contributed by atoms with Gasteiger partial charge >= 0.3 is 0 Å². The van der Waals surface area contributed by atoms with Crippen LogP contribution in [-0.2, 0) is 0 Å². The Balaban J connectivity index is 1.75. The van der Waals surface area contributed by atoms with Gasteiger partial charge in [-0.05, 0) is 48.7 Å². The summed E-state index contributed by atoms with van der Waals surface area (Å²) in [5.41, 5.74) is 0. The van der Waals surface area contributed by atoms with Gasteiger partial charge in [-0.2, -0.15) is 0 Å². The maximum atomic E-state index is 12.7. The number of furan rings is 2. The lowest BCUT2D eigenvalue weighted by Gasteiger charge is -2.30. The van der Waals surface area contributed by atoms with E-state index in [1.807, 2.05) is 0 Å². The number of likely N-dealkylation sites (tertiary alicyclic amines) is 1. The Labute approximate surface area is 139 Å². The van der Waals surface area contributed by atoms with Gasteiger partial charge in [0.25, 0.3) is 5.91 Å². The fourth-order valence-electron chi connectivity index (χ4n) is 3.12. The molecule has 2 aromatic rings. The van der Waals surface area contributed by atoms with Crippen LogP contribution >= 0.6 is 11.6 Å². The van der Waals surface area contributed by atoms with Crippen LogP contribution in [0.4, 0.5) is 0 Å². The van der Waals surface area contributed by atoms with Gasteiger partial charge < -0.3 is 18.8 Å². The number of hydrogen-bond donors (Lipinski definition) is 1. The Hall–Kier alpha value is -1.72. The molecule has 1 N–H and O–H groups in total. The zero-order valence-electron chi connectivity index (χ0n) is 12.8. The van der Waals surface area contributed by atoms with Crippen molar-refractivity contribution in [2.45, 2.75) is 44.2 Å². The monoisotopic (exact) mass is 337 g/mol. The van der Waals surface area contributed by atoms with E-state index in [1.54, 1.807) is 35.4 Å². The number of amides is 1. The van der Waals surface area contributed by atoms with Crippen LogP contribution < -0.4 is 0 Å². The van der Waals surface area contributed by atoms with Crippen molar-refractivity contribution in [2.75, 3.05) is 6.54 Å². The summed E-state index contributed by atoms with van der Waals surface area (Å²) < 4.78 is 10.5. The predicted molar refractivity (Wildman–Crippen MR) is 85.3 cm³/mol. The van der Waals surface area contributed by atoms with E-state index in [1.165, 1.54) is 0 Å². The highest BCUT2D eigenvalue weighted by molar-refractivity contribution is 6.29. The van der Waals surface area contributed by atoms with Crippen LogP contribution in [0.25, 0.3) is 0 Å². The third-order valence-corrected chi connectivity index (χ3v) is 4.49. The maximum Gasteiger partial charge on any atom is 0.289 e. The molecule has 6 heteroatoms. The van der Waals surface area contributed by atoms with Gasteiger partial charge in [-0.1, -0.05) is 12.8 Å². The Morgan fingerprint density at radius 3 is 2.91 bits per heavy atom. The van der Waals surface area contributed by atoms with E-state index in [-0.39, 0.29) is 22.9 Å². The van der Waals surface area contributed by atoms with Gasteiger partial charge in [0.2, 0.25) is 0 Å². The minimum Gasteiger partial charge on any atom is -0.467 e. The van der Waals surface area contributed by atoms with Crippen molar-refractivity contribution in [3.05, 3.63) is 47.3 Å². The second kappa shape index (κ2) is 7.23. The molecule has 0 unspecified atom stereocenters.